The Hall–Kier alpha value is -3.70. The minimum Gasteiger partial charge on any atom is -0.481 e. The molecule has 0 aromatic carbocycles. The van der Waals surface area contributed by atoms with E-state index >= 15 is 0 Å². The summed E-state index contributed by atoms with van der Waals surface area (Å²) in [6.45, 7) is 6.59. The van der Waals surface area contributed by atoms with Crippen molar-refractivity contribution in [2.24, 2.45) is 25.9 Å². The van der Waals surface area contributed by atoms with Crippen LogP contribution in [0.5, 0.6) is 0 Å². The molecule has 2 fully saturated rings. The molecule has 4 heterocycles. The van der Waals surface area contributed by atoms with Gasteiger partial charge < -0.3 is 20.5 Å². The first-order chi connectivity index (χ1) is 16.0. The molecule has 2 aliphatic heterocycles. The number of aryl methyl sites for hydroxylation is 4. The van der Waals surface area contributed by atoms with Crippen molar-refractivity contribution < 1.29 is 30.4 Å². The van der Waals surface area contributed by atoms with Crippen LogP contribution < -0.4 is 10.6 Å². The standard InChI is InChI=1S/C12H17N3O3.C10H13N3O3.CH4.H2/c1-4-18-12(17)10-8(6-13-11(10)16)9-5-7(2)15(3)14-9;1-5-3-7(12-13(5)2)6-4-11-9(14)8(6)10(15)16;;/h5,8,10H,4,6H2,1-3H3,(H,13,16);3,6,8H,4H2,1-2H3,(H,11,14)(H,15,16);1H4;1H/t8-,10-;6-,8-;;/m11../s1/i;;;1+1. The molecule has 4 atom stereocenters. The summed E-state index contributed by atoms with van der Waals surface area (Å²) in [4.78, 5) is 45.9. The van der Waals surface area contributed by atoms with Crippen molar-refractivity contribution in [2.45, 2.75) is 40.0 Å². The molecule has 2 aromatic heterocycles. The Morgan fingerprint density at radius 1 is 1.00 bits per heavy atom. The van der Waals surface area contributed by atoms with E-state index in [1.54, 1.807) is 23.3 Å². The van der Waals surface area contributed by atoms with Gasteiger partial charge in [-0.3, -0.25) is 28.5 Å². The van der Waals surface area contributed by atoms with Gasteiger partial charge >= 0.3 is 11.9 Å². The third-order valence-electron chi connectivity index (χ3n) is 6.19. The maximum Gasteiger partial charge on any atom is 0.319 e. The van der Waals surface area contributed by atoms with E-state index < -0.39 is 29.7 Å². The van der Waals surface area contributed by atoms with Gasteiger partial charge in [-0.2, -0.15) is 10.2 Å². The molecule has 2 aromatic rings. The third kappa shape index (κ3) is 5.69. The number of carboxylic acid groups (broad SMARTS) is 1. The summed E-state index contributed by atoms with van der Waals surface area (Å²) >= 11 is 0. The molecular weight excluding hydrogens is 456 g/mol. The summed E-state index contributed by atoms with van der Waals surface area (Å²) in [6, 6.07) is 3.72. The number of carboxylic acids is 1. The predicted octanol–water partition coefficient (Wildman–Crippen LogP) is 0.646. The van der Waals surface area contributed by atoms with Crippen molar-refractivity contribution in [3.8, 4) is 0 Å². The normalized spacial score (nSPS) is 23.0. The largest absolute Gasteiger partial charge is 0.481 e. The second-order valence-electron chi connectivity index (χ2n) is 8.42. The minimum absolute atomic E-state index is 0. The molecule has 2 saturated heterocycles. The monoisotopic (exact) mass is 493 g/mol. The number of esters is 1. The first-order valence-corrected chi connectivity index (χ1v) is 11.0. The van der Waals surface area contributed by atoms with E-state index in [-0.39, 0.29) is 33.2 Å². The van der Waals surface area contributed by atoms with Gasteiger partial charge in [0.15, 0.2) is 0 Å². The number of carbonyl (C=O) groups is 4. The molecule has 12 nitrogen and oxygen atoms in total. The van der Waals surface area contributed by atoms with Gasteiger partial charge in [0, 0.05) is 51.8 Å². The topological polar surface area (TPSA) is 157 Å². The summed E-state index contributed by atoms with van der Waals surface area (Å²) in [5.74, 6) is -4.68. The molecule has 194 valence electrons. The highest BCUT2D eigenvalue weighted by molar-refractivity contribution is 6.01. The van der Waals surface area contributed by atoms with Gasteiger partial charge in [0.05, 0.1) is 18.0 Å². The fraction of sp³-hybridized carbons (Fsp3) is 0.565. The summed E-state index contributed by atoms with van der Waals surface area (Å²) in [7, 11) is 3.63. The highest BCUT2D eigenvalue weighted by Crippen LogP contribution is 2.30. The van der Waals surface area contributed by atoms with Gasteiger partial charge in [0.1, 0.15) is 11.8 Å². The quantitative estimate of drug-likeness (QED) is 0.405. The first-order valence-electron chi connectivity index (χ1n) is 11.0. The smallest absolute Gasteiger partial charge is 0.319 e. The fourth-order valence-corrected chi connectivity index (χ4v) is 4.12. The Labute approximate surface area is 205 Å². The molecule has 0 aliphatic carbocycles. The van der Waals surface area contributed by atoms with E-state index in [4.69, 9.17) is 9.84 Å². The molecule has 0 spiro atoms. The molecule has 0 unspecified atom stereocenters. The zero-order chi connectivity index (χ0) is 25.2. The Bertz CT molecular complexity index is 1070. The average Bonchev–Trinajstić information content (AvgIpc) is 3.51. The second-order valence-corrected chi connectivity index (χ2v) is 8.42. The van der Waals surface area contributed by atoms with Crippen LogP contribution in [0, 0.1) is 25.7 Å². The highest BCUT2D eigenvalue weighted by Gasteiger charge is 2.44. The summed E-state index contributed by atoms with van der Waals surface area (Å²) in [5.41, 5.74) is 3.35. The molecule has 3 N–H and O–H groups in total. The van der Waals surface area contributed by atoms with E-state index in [1.165, 1.54) is 0 Å². The van der Waals surface area contributed by atoms with Crippen LogP contribution in [0.2, 0.25) is 0 Å². The first kappa shape index (κ1) is 27.5. The maximum absolute atomic E-state index is 11.8. The highest BCUT2D eigenvalue weighted by atomic mass is 16.5. The zero-order valence-electron chi connectivity index (χ0n) is 19.9. The molecule has 0 saturated carbocycles. The summed E-state index contributed by atoms with van der Waals surface area (Å²) in [6.07, 6.45) is 0. The van der Waals surface area contributed by atoms with E-state index in [1.807, 2.05) is 33.0 Å². The molecule has 2 aliphatic rings. The van der Waals surface area contributed by atoms with Crippen LogP contribution in [-0.2, 0) is 38.0 Å². The van der Waals surface area contributed by atoms with Crippen molar-refractivity contribution in [1.29, 1.82) is 0 Å². The van der Waals surface area contributed by atoms with E-state index in [0.717, 1.165) is 17.1 Å². The SMILES string of the molecule is C.CCOC(=O)[C@H]1C(=O)NC[C@@H]1c1cc(C)n(C)n1.Cc1cc([C@H]2CNC(=O)[C@@H]2C(=O)O)nn1C.[2HH]. The summed E-state index contributed by atoms with van der Waals surface area (Å²) < 4.78 is 8.36. The molecule has 2 amide bonds. The second kappa shape index (κ2) is 11.2. The van der Waals surface area contributed by atoms with Crippen LogP contribution in [0.4, 0.5) is 0 Å². The third-order valence-corrected chi connectivity index (χ3v) is 6.19. The Kier molecular flexibility index (Phi) is 8.77. The average molecular weight is 494 g/mol. The van der Waals surface area contributed by atoms with Gasteiger partial charge in [-0.25, -0.2) is 0 Å². The molecule has 0 radical (unpaired) electrons. The van der Waals surface area contributed by atoms with Crippen molar-refractivity contribution in [1.82, 2.24) is 30.2 Å². The Balaban J connectivity index is 0.000000343. The van der Waals surface area contributed by atoms with Crippen molar-refractivity contribution in [2.75, 3.05) is 19.7 Å². The number of hydrogen-bond acceptors (Lipinski definition) is 7. The molecule has 12 heteroatoms. The van der Waals surface area contributed by atoms with Crippen LogP contribution in [0.3, 0.4) is 0 Å². The van der Waals surface area contributed by atoms with Gasteiger partial charge in [0.2, 0.25) is 11.8 Å². The van der Waals surface area contributed by atoms with Gasteiger partial charge in [0.25, 0.3) is 0 Å². The molecular formula is C23H36N6O6. The number of hydrogen-bond donors (Lipinski definition) is 3. The Morgan fingerprint density at radius 3 is 1.80 bits per heavy atom. The summed E-state index contributed by atoms with van der Waals surface area (Å²) in [5, 5.41) is 22.8. The minimum atomic E-state index is -1.09. The van der Waals surface area contributed by atoms with Gasteiger partial charge in [-0.05, 0) is 32.9 Å². The number of aliphatic carboxylic acids is 1. The Morgan fingerprint density at radius 2 is 1.43 bits per heavy atom. The lowest BCUT2D eigenvalue weighted by molar-refractivity contribution is -0.151. The van der Waals surface area contributed by atoms with Crippen LogP contribution in [0.15, 0.2) is 12.1 Å². The predicted molar refractivity (Wildman–Crippen MR) is 127 cm³/mol. The van der Waals surface area contributed by atoms with E-state index in [0.29, 0.717) is 18.8 Å². The van der Waals surface area contributed by atoms with Crippen LogP contribution in [0.25, 0.3) is 0 Å². The van der Waals surface area contributed by atoms with Crippen molar-refractivity contribution >= 4 is 23.8 Å². The van der Waals surface area contributed by atoms with Crippen LogP contribution in [-0.4, -0.2) is 68.1 Å². The van der Waals surface area contributed by atoms with Gasteiger partial charge in [-0.15, -0.1) is 0 Å². The van der Waals surface area contributed by atoms with Crippen molar-refractivity contribution in [3.63, 3.8) is 0 Å². The number of ether oxygens (including phenoxy) is 1. The maximum atomic E-state index is 11.8. The van der Waals surface area contributed by atoms with Crippen LogP contribution >= 0.6 is 0 Å². The number of carbonyl (C=O) groups excluding carboxylic acids is 3. The fourth-order valence-electron chi connectivity index (χ4n) is 4.12. The van der Waals surface area contributed by atoms with Crippen LogP contribution in [0.1, 0.15) is 50.4 Å². The molecule has 35 heavy (non-hydrogen) atoms. The van der Waals surface area contributed by atoms with E-state index in [2.05, 4.69) is 20.8 Å². The molecule has 0 bridgehead atoms. The van der Waals surface area contributed by atoms with Crippen molar-refractivity contribution in [3.05, 3.63) is 34.9 Å². The number of amides is 2. The lowest BCUT2D eigenvalue weighted by Crippen LogP contribution is -2.29. The lowest BCUT2D eigenvalue weighted by Gasteiger charge is -2.13. The number of nitrogens with zero attached hydrogens (tertiary/aromatic N) is 4. The zero-order valence-corrected chi connectivity index (χ0v) is 19.9. The number of nitrogens with one attached hydrogen (secondary N) is 2. The number of rotatable bonds is 5. The van der Waals surface area contributed by atoms with E-state index in [9.17, 15) is 19.2 Å². The molecule has 4 rings (SSSR count). The number of aromatic nitrogens is 4. The van der Waals surface area contributed by atoms with Gasteiger partial charge in [-0.1, -0.05) is 7.43 Å². The lowest BCUT2D eigenvalue weighted by atomic mass is 9.92.